The molecule has 4 heteroatoms. The van der Waals surface area contributed by atoms with E-state index < -0.39 is 11.9 Å². The average Bonchev–Trinajstić information content (AvgIpc) is 2.36. The smallest absolute Gasteiger partial charge is 0.337 e. The molecule has 0 unspecified atom stereocenters. The average molecular weight is 244 g/mol. The molecule has 4 nitrogen and oxygen atoms in total. The first-order chi connectivity index (χ1) is 8.56. The molecule has 2 N–H and O–H groups in total. The van der Waals surface area contributed by atoms with Crippen LogP contribution in [0.5, 0.6) is 0 Å². The lowest BCUT2D eigenvalue weighted by atomic mass is 9.93. The van der Waals surface area contributed by atoms with E-state index in [0.717, 1.165) is 10.9 Å². The zero-order chi connectivity index (χ0) is 13.3. The first kappa shape index (κ1) is 12.1. The van der Waals surface area contributed by atoms with E-state index in [1.165, 1.54) is 6.07 Å². The van der Waals surface area contributed by atoms with Crippen molar-refractivity contribution in [3.05, 3.63) is 47.0 Å². The number of hydrogen-bond donors (Lipinski definition) is 2. The first-order valence-electron chi connectivity index (χ1n) is 5.57. The summed E-state index contributed by atoms with van der Waals surface area (Å²) >= 11 is 0. The number of rotatable bonds is 3. The number of carboxylic acids is 2. The molecule has 0 saturated heterocycles. The molecule has 2 aromatic carbocycles. The largest absolute Gasteiger partial charge is 0.478 e. The molecule has 18 heavy (non-hydrogen) atoms. The van der Waals surface area contributed by atoms with Crippen LogP contribution in [0.15, 0.2) is 30.3 Å². The van der Waals surface area contributed by atoms with Crippen LogP contribution >= 0.6 is 0 Å². The van der Waals surface area contributed by atoms with E-state index in [1.807, 2.05) is 19.1 Å². The standard InChI is InChI=1S/C14H12O4/c1-2-8-7-11(13(15)16)12(14(17)18)10-6-4-3-5-9(8)10/h3-7H,2H2,1H3,(H,15,16)(H,17,18). The van der Waals surface area contributed by atoms with Crippen LogP contribution in [0.4, 0.5) is 0 Å². The van der Waals surface area contributed by atoms with Crippen molar-refractivity contribution in [2.45, 2.75) is 13.3 Å². The van der Waals surface area contributed by atoms with Crippen LogP contribution in [0, 0.1) is 0 Å². The summed E-state index contributed by atoms with van der Waals surface area (Å²) in [6.07, 6.45) is 0.653. The zero-order valence-electron chi connectivity index (χ0n) is 9.80. The maximum absolute atomic E-state index is 11.3. The lowest BCUT2D eigenvalue weighted by Gasteiger charge is -2.10. The molecule has 2 rings (SSSR count). The van der Waals surface area contributed by atoms with Crippen LogP contribution in [-0.2, 0) is 6.42 Å². The second-order valence-electron chi connectivity index (χ2n) is 3.97. The predicted octanol–water partition coefficient (Wildman–Crippen LogP) is 2.80. The Labute approximate surface area is 103 Å². The highest BCUT2D eigenvalue weighted by atomic mass is 16.4. The van der Waals surface area contributed by atoms with E-state index in [-0.39, 0.29) is 11.1 Å². The van der Waals surface area contributed by atoms with Crippen molar-refractivity contribution < 1.29 is 19.8 Å². The SMILES string of the molecule is CCc1cc(C(=O)O)c(C(=O)O)c2ccccc12. The van der Waals surface area contributed by atoms with E-state index in [2.05, 4.69) is 0 Å². The fourth-order valence-electron chi connectivity index (χ4n) is 2.14. The van der Waals surface area contributed by atoms with Crippen molar-refractivity contribution in [1.29, 1.82) is 0 Å². The molecule has 2 aromatic rings. The van der Waals surface area contributed by atoms with E-state index in [9.17, 15) is 14.7 Å². The molecular weight excluding hydrogens is 232 g/mol. The fourth-order valence-corrected chi connectivity index (χ4v) is 2.14. The second-order valence-corrected chi connectivity index (χ2v) is 3.97. The second kappa shape index (κ2) is 4.49. The summed E-state index contributed by atoms with van der Waals surface area (Å²) in [4.78, 5) is 22.5. The van der Waals surface area contributed by atoms with Crippen molar-refractivity contribution in [2.24, 2.45) is 0 Å². The number of carbonyl (C=O) groups is 2. The molecule has 0 aromatic heterocycles. The Morgan fingerprint density at radius 3 is 2.17 bits per heavy atom. The van der Waals surface area contributed by atoms with Crippen LogP contribution in [0.3, 0.4) is 0 Å². The fraction of sp³-hybridized carbons (Fsp3) is 0.143. The number of carboxylic acid groups (broad SMARTS) is 2. The summed E-state index contributed by atoms with van der Waals surface area (Å²) in [6.45, 7) is 1.91. The van der Waals surface area contributed by atoms with Crippen molar-refractivity contribution >= 4 is 22.7 Å². The van der Waals surface area contributed by atoms with Crippen LogP contribution in [0.25, 0.3) is 10.8 Å². The Kier molecular flexibility index (Phi) is 3.02. The highest BCUT2D eigenvalue weighted by molar-refractivity contribution is 6.12. The van der Waals surface area contributed by atoms with Crippen molar-refractivity contribution in [3.63, 3.8) is 0 Å². The zero-order valence-corrected chi connectivity index (χ0v) is 9.80. The molecule has 0 bridgehead atoms. The highest BCUT2D eigenvalue weighted by Crippen LogP contribution is 2.27. The van der Waals surface area contributed by atoms with Gasteiger partial charge in [-0.1, -0.05) is 31.2 Å². The van der Waals surface area contributed by atoms with Gasteiger partial charge >= 0.3 is 11.9 Å². The number of fused-ring (bicyclic) bond motifs is 1. The van der Waals surface area contributed by atoms with Gasteiger partial charge in [0.2, 0.25) is 0 Å². The van der Waals surface area contributed by atoms with Gasteiger partial charge in [-0.2, -0.15) is 0 Å². The third kappa shape index (κ3) is 1.82. The summed E-state index contributed by atoms with van der Waals surface area (Å²) in [6, 6.07) is 8.43. The molecule has 0 radical (unpaired) electrons. The number of hydrogen-bond acceptors (Lipinski definition) is 2. The van der Waals surface area contributed by atoms with E-state index >= 15 is 0 Å². The molecule has 0 aliphatic rings. The summed E-state index contributed by atoms with van der Waals surface area (Å²) in [5.74, 6) is -2.43. The Balaban J connectivity index is 2.97. The number of aromatic carboxylic acids is 2. The Bertz CT molecular complexity index is 644. The molecule has 0 saturated carbocycles. The van der Waals surface area contributed by atoms with Crippen LogP contribution in [0.2, 0.25) is 0 Å². The van der Waals surface area contributed by atoms with Crippen molar-refractivity contribution in [1.82, 2.24) is 0 Å². The molecule has 92 valence electrons. The lowest BCUT2D eigenvalue weighted by molar-refractivity contribution is 0.0653. The molecular formula is C14H12O4. The third-order valence-electron chi connectivity index (χ3n) is 2.96. The van der Waals surface area contributed by atoms with Gasteiger partial charge in [0.05, 0.1) is 11.1 Å². The summed E-state index contributed by atoms with van der Waals surface area (Å²) in [5, 5.41) is 19.6. The summed E-state index contributed by atoms with van der Waals surface area (Å²) in [7, 11) is 0. The molecule has 0 fully saturated rings. The Hall–Kier alpha value is -2.36. The summed E-state index contributed by atoms with van der Waals surface area (Å²) in [5.41, 5.74) is 0.543. The molecule has 0 heterocycles. The molecule has 0 amide bonds. The van der Waals surface area contributed by atoms with Gasteiger partial charge < -0.3 is 10.2 Å². The molecule has 0 aliphatic heterocycles. The highest BCUT2D eigenvalue weighted by Gasteiger charge is 2.20. The van der Waals surface area contributed by atoms with Gasteiger partial charge in [0, 0.05) is 0 Å². The number of aryl methyl sites for hydroxylation is 1. The Morgan fingerprint density at radius 1 is 1.06 bits per heavy atom. The van der Waals surface area contributed by atoms with Crippen molar-refractivity contribution in [3.8, 4) is 0 Å². The van der Waals surface area contributed by atoms with Gasteiger partial charge in [-0.15, -0.1) is 0 Å². The van der Waals surface area contributed by atoms with E-state index in [4.69, 9.17) is 5.11 Å². The predicted molar refractivity (Wildman–Crippen MR) is 67.2 cm³/mol. The van der Waals surface area contributed by atoms with Crippen LogP contribution < -0.4 is 0 Å². The summed E-state index contributed by atoms with van der Waals surface area (Å²) < 4.78 is 0. The van der Waals surface area contributed by atoms with Gasteiger partial charge in [-0.05, 0) is 28.8 Å². The monoisotopic (exact) mass is 244 g/mol. The minimum absolute atomic E-state index is 0.143. The lowest BCUT2D eigenvalue weighted by Crippen LogP contribution is -2.10. The van der Waals surface area contributed by atoms with Crippen LogP contribution in [0.1, 0.15) is 33.2 Å². The normalized spacial score (nSPS) is 10.5. The molecule has 0 spiro atoms. The maximum Gasteiger partial charge on any atom is 0.337 e. The number of benzene rings is 2. The van der Waals surface area contributed by atoms with E-state index in [0.29, 0.717) is 11.8 Å². The van der Waals surface area contributed by atoms with Crippen molar-refractivity contribution in [2.75, 3.05) is 0 Å². The molecule has 0 aliphatic carbocycles. The minimum Gasteiger partial charge on any atom is -0.478 e. The van der Waals surface area contributed by atoms with Gasteiger partial charge in [0.15, 0.2) is 0 Å². The van der Waals surface area contributed by atoms with E-state index in [1.54, 1.807) is 12.1 Å². The van der Waals surface area contributed by atoms with Gasteiger partial charge in [-0.25, -0.2) is 9.59 Å². The van der Waals surface area contributed by atoms with Crippen LogP contribution in [-0.4, -0.2) is 22.2 Å². The maximum atomic E-state index is 11.3. The first-order valence-corrected chi connectivity index (χ1v) is 5.57. The Morgan fingerprint density at radius 2 is 1.67 bits per heavy atom. The van der Waals surface area contributed by atoms with Gasteiger partial charge in [-0.3, -0.25) is 0 Å². The quantitative estimate of drug-likeness (QED) is 0.870. The van der Waals surface area contributed by atoms with Gasteiger partial charge in [0.25, 0.3) is 0 Å². The topological polar surface area (TPSA) is 74.6 Å². The van der Waals surface area contributed by atoms with Gasteiger partial charge in [0.1, 0.15) is 0 Å². The third-order valence-corrected chi connectivity index (χ3v) is 2.96. The minimum atomic E-state index is -1.22. The molecule has 0 atom stereocenters.